The quantitative estimate of drug-likeness (QED) is 0.824. The van der Waals surface area contributed by atoms with Crippen molar-refractivity contribution in [1.29, 1.82) is 0 Å². The molecule has 2 unspecified atom stereocenters. The Hall–Kier alpha value is -1.13. The third-order valence-electron chi connectivity index (χ3n) is 3.33. The van der Waals surface area contributed by atoms with E-state index in [1.54, 1.807) is 19.1 Å². The molecule has 98 valence electrons. The van der Waals surface area contributed by atoms with E-state index in [9.17, 15) is 9.90 Å². The Balaban J connectivity index is 1.95. The fourth-order valence-electron chi connectivity index (χ4n) is 2.34. The lowest BCUT2D eigenvalue weighted by Crippen LogP contribution is -2.32. The minimum absolute atomic E-state index is 0.165. The average Bonchev–Trinajstić information content (AvgIpc) is 2.70. The van der Waals surface area contributed by atoms with Gasteiger partial charge in [-0.3, -0.25) is 4.79 Å². The smallest absolute Gasteiger partial charge is 0.251 e. The summed E-state index contributed by atoms with van der Waals surface area (Å²) in [6, 6.07) is 3.25. The fourth-order valence-corrected chi connectivity index (χ4v) is 2.59. The molecular formula is C13H17ClN2O2. The van der Waals surface area contributed by atoms with Crippen LogP contribution in [0.3, 0.4) is 0 Å². The van der Waals surface area contributed by atoms with Crippen molar-refractivity contribution in [1.82, 2.24) is 10.3 Å². The van der Waals surface area contributed by atoms with Crippen LogP contribution in [0.5, 0.6) is 0 Å². The van der Waals surface area contributed by atoms with Gasteiger partial charge in [0, 0.05) is 23.7 Å². The van der Waals surface area contributed by atoms with Gasteiger partial charge in [-0.15, -0.1) is 0 Å². The molecule has 1 saturated carbocycles. The summed E-state index contributed by atoms with van der Waals surface area (Å²) in [7, 11) is 0. The van der Waals surface area contributed by atoms with Gasteiger partial charge in [-0.1, -0.05) is 18.0 Å². The highest BCUT2D eigenvalue weighted by molar-refractivity contribution is 6.29. The molecule has 2 rings (SSSR count). The zero-order valence-electron chi connectivity index (χ0n) is 10.3. The summed E-state index contributed by atoms with van der Waals surface area (Å²) < 4.78 is 0. The van der Waals surface area contributed by atoms with Crippen LogP contribution < -0.4 is 5.32 Å². The van der Waals surface area contributed by atoms with Crippen molar-refractivity contribution >= 4 is 17.5 Å². The topological polar surface area (TPSA) is 62.2 Å². The van der Waals surface area contributed by atoms with Gasteiger partial charge in [0.1, 0.15) is 5.15 Å². The van der Waals surface area contributed by atoms with Gasteiger partial charge < -0.3 is 10.4 Å². The van der Waals surface area contributed by atoms with Gasteiger partial charge in [0.05, 0.1) is 6.10 Å². The van der Waals surface area contributed by atoms with Crippen molar-refractivity contribution < 1.29 is 9.90 Å². The van der Waals surface area contributed by atoms with Crippen molar-refractivity contribution in [2.24, 2.45) is 5.92 Å². The van der Waals surface area contributed by atoms with Crippen molar-refractivity contribution in [2.75, 3.05) is 6.54 Å². The van der Waals surface area contributed by atoms with E-state index in [1.807, 2.05) is 0 Å². The van der Waals surface area contributed by atoms with Crippen LogP contribution in [-0.4, -0.2) is 28.6 Å². The molecule has 0 radical (unpaired) electrons. The van der Waals surface area contributed by atoms with E-state index < -0.39 is 0 Å². The molecule has 0 aliphatic heterocycles. The Morgan fingerprint density at radius 2 is 2.33 bits per heavy atom. The minimum Gasteiger partial charge on any atom is -0.393 e. The maximum absolute atomic E-state index is 11.9. The van der Waals surface area contributed by atoms with Gasteiger partial charge in [0.15, 0.2) is 0 Å². The van der Waals surface area contributed by atoms with E-state index in [2.05, 4.69) is 10.3 Å². The summed E-state index contributed by atoms with van der Waals surface area (Å²) >= 11 is 5.81. The van der Waals surface area contributed by atoms with Crippen LogP contribution in [0.1, 0.15) is 35.3 Å². The molecule has 4 nitrogen and oxygen atoms in total. The van der Waals surface area contributed by atoms with Gasteiger partial charge in [-0.25, -0.2) is 4.98 Å². The van der Waals surface area contributed by atoms with Gasteiger partial charge >= 0.3 is 0 Å². The normalized spacial score (nSPS) is 23.1. The molecule has 1 amide bonds. The average molecular weight is 269 g/mol. The van der Waals surface area contributed by atoms with Crippen molar-refractivity contribution in [2.45, 2.75) is 32.3 Å². The van der Waals surface area contributed by atoms with E-state index in [-0.39, 0.29) is 17.9 Å². The summed E-state index contributed by atoms with van der Waals surface area (Å²) in [6.45, 7) is 2.31. The summed E-state index contributed by atoms with van der Waals surface area (Å²) in [6.07, 6.45) is 2.55. The molecule has 0 bridgehead atoms. The van der Waals surface area contributed by atoms with Gasteiger partial charge in [0.2, 0.25) is 0 Å². The lowest BCUT2D eigenvalue weighted by molar-refractivity contribution is 0.0916. The van der Waals surface area contributed by atoms with E-state index >= 15 is 0 Å². The van der Waals surface area contributed by atoms with Crippen LogP contribution in [0.2, 0.25) is 5.15 Å². The first-order valence-corrected chi connectivity index (χ1v) is 6.54. The monoisotopic (exact) mass is 268 g/mol. The molecule has 18 heavy (non-hydrogen) atoms. The van der Waals surface area contributed by atoms with Crippen LogP contribution in [-0.2, 0) is 0 Å². The second-order valence-electron chi connectivity index (χ2n) is 4.79. The molecule has 1 aromatic heterocycles. The number of aryl methyl sites for hydroxylation is 1. The first-order chi connectivity index (χ1) is 8.56. The highest BCUT2D eigenvalue weighted by Crippen LogP contribution is 2.24. The summed E-state index contributed by atoms with van der Waals surface area (Å²) in [5.41, 5.74) is 1.23. The summed E-state index contributed by atoms with van der Waals surface area (Å²) in [5, 5.41) is 12.8. The number of aliphatic hydroxyl groups is 1. The summed E-state index contributed by atoms with van der Waals surface area (Å²) in [5.74, 6) is 0.00820. The lowest BCUT2D eigenvalue weighted by Gasteiger charge is -2.15. The number of pyridine rings is 1. The van der Waals surface area contributed by atoms with Crippen LogP contribution in [0, 0.1) is 12.8 Å². The van der Waals surface area contributed by atoms with E-state index in [0.717, 1.165) is 19.3 Å². The van der Waals surface area contributed by atoms with Gasteiger partial charge in [0.25, 0.3) is 5.91 Å². The number of aromatic nitrogens is 1. The Morgan fingerprint density at radius 3 is 2.94 bits per heavy atom. The van der Waals surface area contributed by atoms with E-state index in [0.29, 0.717) is 23.0 Å². The predicted octanol–water partition coefficient (Wildman–Crippen LogP) is 1.93. The predicted molar refractivity (Wildman–Crippen MR) is 69.7 cm³/mol. The van der Waals surface area contributed by atoms with Gasteiger partial charge in [-0.05, 0) is 31.9 Å². The standard InChI is InChI=1S/C13H17ClN2O2/c1-8-5-10(6-12(14)16-8)13(18)15-7-9-3-2-4-11(9)17/h5-6,9,11,17H,2-4,7H2,1H3,(H,15,18). The third-order valence-corrected chi connectivity index (χ3v) is 3.52. The Bertz CT molecular complexity index is 430. The summed E-state index contributed by atoms with van der Waals surface area (Å²) in [4.78, 5) is 15.9. The molecule has 0 spiro atoms. The molecule has 2 atom stereocenters. The first-order valence-electron chi connectivity index (χ1n) is 6.16. The molecule has 0 saturated heterocycles. The second-order valence-corrected chi connectivity index (χ2v) is 5.18. The zero-order chi connectivity index (χ0) is 13.1. The molecule has 1 aromatic rings. The maximum atomic E-state index is 11.9. The molecule has 1 aliphatic carbocycles. The highest BCUT2D eigenvalue weighted by Gasteiger charge is 2.25. The zero-order valence-corrected chi connectivity index (χ0v) is 11.1. The number of hydrogen-bond donors (Lipinski definition) is 2. The van der Waals surface area contributed by atoms with E-state index in [1.165, 1.54) is 0 Å². The van der Waals surface area contributed by atoms with Crippen molar-refractivity contribution in [3.63, 3.8) is 0 Å². The van der Waals surface area contributed by atoms with Crippen LogP contribution in [0.15, 0.2) is 12.1 Å². The number of halogens is 1. The minimum atomic E-state index is -0.284. The number of hydrogen-bond acceptors (Lipinski definition) is 3. The third kappa shape index (κ3) is 3.21. The molecule has 1 heterocycles. The highest BCUT2D eigenvalue weighted by atomic mass is 35.5. The fraction of sp³-hybridized carbons (Fsp3) is 0.538. The molecule has 5 heteroatoms. The SMILES string of the molecule is Cc1cc(C(=O)NCC2CCCC2O)cc(Cl)n1. The maximum Gasteiger partial charge on any atom is 0.251 e. The Kier molecular flexibility index (Phi) is 4.19. The number of carbonyl (C=O) groups is 1. The lowest BCUT2D eigenvalue weighted by atomic mass is 10.1. The molecule has 2 N–H and O–H groups in total. The molecule has 1 fully saturated rings. The van der Waals surface area contributed by atoms with Crippen LogP contribution >= 0.6 is 11.6 Å². The number of carbonyl (C=O) groups excluding carboxylic acids is 1. The number of nitrogens with one attached hydrogen (secondary N) is 1. The Labute approximate surface area is 111 Å². The largest absolute Gasteiger partial charge is 0.393 e. The van der Waals surface area contributed by atoms with Crippen LogP contribution in [0.4, 0.5) is 0 Å². The van der Waals surface area contributed by atoms with Crippen LogP contribution in [0.25, 0.3) is 0 Å². The van der Waals surface area contributed by atoms with Crippen molar-refractivity contribution in [3.8, 4) is 0 Å². The number of amides is 1. The van der Waals surface area contributed by atoms with E-state index in [4.69, 9.17) is 11.6 Å². The number of aliphatic hydroxyl groups excluding tert-OH is 1. The van der Waals surface area contributed by atoms with Crippen molar-refractivity contribution in [3.05, 3.63) is 28.5 Å². The number of rotatable bonds is 3. The first kappa shape index (κ1) is 13.3. The second kappa shape index (κ2) is 5.67. The number of nitrogens with zero attached hydrogens (tertiary/aromatic N) is 1. The molecule has 0 aromatic carbocycles. The molecule has 1 aliphatic rings. The Morgan fingerprint density at radius 1 is 1.56 bits per heavy atom. The van der Waals surface area contributed by atoms with Gasteiger partial charge in [-0.2, -0.15) is 0 Å². The molecular weight excluding hydrogens is 252 g/mol.